The summed E-state index contributed by atoms with van der Waals surface area (Å²) < 4.78 is 18.5. The molecule has 18 heavy (non-hydrogen) atoms. The average molecular weight is 250 g/mol. The van der Waals surface area contributed by atoms with Crippen LogP contribution in [0.4, 0.5) is 4.39 Å². The van der Waals surface area contributed by atoms with E-state index in [9.17, 15) is 9.18 Å². The van der Waals surface area contributed by atoms with Crippen LogP contribution in [0.25, 0.3) is 0 Å². The number of hydrogen-bond donors (Lipinski definition) is 0. The Bertz CT molecular complexity index is 480. The van der Waals surface area contributed by atoms with E-state index in [1.807, 2.05) is 19.9 Å². The number of hydrogen-bond acceptors (Lipinski definition) is 3. The van der Waals surface area contributed by atoms with Crippen LogP contribution in [-0.4, -0.2) is 30.5 Å². The van der Waals surface area contributed by atoms with Gasteiger partial charge in [0.05, 0.1) is 11.6 Å². The molecule has 4 nitrogen and oxygen atoms in total. The van der Waals surface area contributed by atoms with Crippen molar-refractivity contribution < 1.29 is 13.9 Å². The largest absolute Gasteiger partial charge is 0.481 e. The summed E-state index contributed by atoms with van der Waals surface area (Å²) in [5, 5.41) is 8.59. The monoisotopic (exact) mass is 250 g/mol. The molecular weight excluding hydrogens is 235 g/mol. The second-order valence-electron chi connectivity index (χ2n) is 4.14. The summed E-state index contributed by atoms with van der Waals surface area (Å²) in [4.78, 5) is 13.1. The molecule has 0 aromatic heterocycles. The van der Waals surface area contributed by atoms with Crippen LogP contribution in [-0.2, 0) is 4.79 Å². The van der Waals surface area contributed by atoms with Gasteiger partial charge in [-0.2, -0.15) is 5.26 Å². The molecule has 0 aliphatic heterocycles. The Morgan fingerprint density at radius 1 is 1.56 bits per heavy atom. The van der Waals surface area contributed by atoms with Gasteiger partial charge in [-0.15, -0.1) is 0 Å². The van der Waals surface area contributed by atoms with Crippen molar-refractivity contribution in [1.29, 1.82) is 5.26 Å². The molecule has 0 bridgehead atoms. The van der Waals surface area contributed by atoms with Crippen molar-refractivity contribution in [1.82, 2.24) is 4.90 Å². The van der Waals surface area contributed by atoms with Crippen LogP contribution in [0, 0.1) is 17.1 Å². The summed E-state index contributed by atoms with van der Waals surface area (Å²) in [6, 6.07) is 5.74. The number of halogens is 1. The molecule has 1 aromatic rings. The van der Waals surface area contributed by atoms with E-state index in [-0.39, 0.29) is 29.9 Å². The summed E-state index contributed by atoms with van der Waals surface area (Å²) in [5.41, 5.74) is 0.213. The van der Waals surface area contributed by atoms with Crippen LogP contribution in [0.15, 0.2) is 18.2 Å². The predicted octanol–water partition coefficient (Wildman–Crippen LogP) is 1.94. The van der Waals surface area contributed by atoms with Crippen LogP contribution in [0.1, 0.15) is 19.4 Å². The number of carbonyl (C=O) groups excluding carboxylic acids is 1. The van der Waals surface area contributed by atoms with E-state index in [0.717, 1.165) is 6.07 Å². The molecular formula is C13H15FN2O2. The molecule has 1 aromatic carbocycles. The predicted molar refractivity (Wildman–Crippen MR) is 64.5 cm³/mol. The third kappa shape index (κ3) is 3.45. The molecule has 1 amide bonds. The highest BCUT2D eigenvalue weighted by molar-refractivity contribution is 5.77. The number of benzene rings is 1. The fraction of sp³-hybridized carbons (Fsp3) is 0.385. The fourth-order valence-corrected chi connectivity index (χ4v) is 1.22. The normalized spacial score (nSPS) is 10.0. The molecule has 0 aliphatic carbocycles. The lowest BCUT2D eigenvalue weighted by Crippen LogP contribution is -2.36. The minimum Gasteiger partial charge on any atom is -0.481 e. The second-order valence-corrected chi connectivity index (χ2v) is 4.14. The van der Waals surface area contributed by atoms with Gasteiger partial charge in [-0.3, -0.25) is 4.79 Å². The smallest absolute Gasteiger partial charge is 0.260 e. The van der Waals surface area contributed by atoms with Gasteiger partial charge in [-0.25, -0.2) is 4.39 Å². The molecule has 0 fully saturated rings. The maximum Gasteiger partial charge on any atom is 0.260 e. The van der Waals surface area contributed by atoms with Crippen molar-refractivity contribution in [2.24, 2.45) is 0 Å². The summed E-state index contributed by atoms with van der Waals surface area (Å²) in [6.45, 7) is 3.53. The van der Waals surface area contributed by atoms with Crippen molar-refractivity contribution in [3.63, 3.8) is 0 Å². The standard InChI is InChI=1S/C13H15FN2O2/c1-9(2)16(3)13(17)8-18-12-5-4-10(7-15)6-11(12)14/h4-6,9H,8H2,1-3H3. The van der Waals surface area contributed by atoms with Crippen LogP contribution in [0.2, 0.25) is 0 Å². The number of nitrogens with zero attached hydrogens (tertiary/aromatic N) is 2. The Balaban J connectivity index is 2.65. The summed E-state index contributed by atoms with van der Waals surface area (Å²) >= 11 is 0. The van der Waals surface area contributed by atoms with Gasteiger partial charge < -0.3 is 9.64 Å². The van der Waals surface area contributed by atoms with E-state index in [1.54, 1.807) is 7.05 Å². The zero-order valence-corrected chi connectivity index (χ0v) is 10.6. The molecule has 0 aliphatic rings. The second kappa shape index (κ2) is 6.01. The third-order valence-corrected chi connectivity index (χ3v) is 2.58. The van der Waals surface area contributed by atoms with E-state index >= 15 is 0 Å². The van der Waals surface area contributed by atoms with E-state index in [1.165, 1.54) is 17.0 Å². The Labute approximate surface area is 106 Å². The van der Waals surface area contributed by atoms with Crippen LogP contribution in [0.5, 0.6) is 5.75 Å². The van der Waals surface area contributed by atoms with Gasteiger partial charge in [-0.1, -0.05) is 0 Å². The zero-order valence-electron chi connectivity index (χ0n) is 10.6. The number of nitriles is 1. The summed E-state index contributed by atoms with van der Waals surface area (Å²) in [5.74, 6) is -0.901. The number of amides is 1. The fourth-order valence-electron chi connectivity index (χ4n) is 1.22. The Morgan fingerprint density at radius 3 is 2.72 bits per heavy atom. The van der Waals surface area contributed by atoms with E-state index in [4.69, 9.17) is 10.00 Å². The lowest BCUT2D eigenvalue weighted by atomic mass is 10.2. The highest BCUT2D eigenvalue weighted by Gasteiger charge is 2.13. The topological polar surface area (TPSA) is 53.3 Å². The quantitative estimate of drug-likeness (QED) is 0.820. The first kappa shape index (κ1) is 14.0. The molecule has 0 saturated carbocycles. The molecule has 5 heteroatoms. The summed E-state index contributed by atoms with van der Waals surface area (Å²) in [6.07, 6.45) is 0. The summed E-state index contributed by atoms with van der Waals surface area (Å²) in [7, 11) is 1.66. The minimum absolute atomic E-state index is 0.0282. The molecule has 1 rings (SSSR count). The van der Waals surface area contributed by atoms with Gasteiger partial charge >= 0.3 is 0 Å². The Morgan fingerprint density at radius 2 is 2.22 bits per heavy atom. The Hall–Kier alpha value is -2.09. The molecule has 0 saturated heterocycles. The van der Waals surface area contributed by atoms with Crippen molar-refractivity contribution in [2.45, 2.75) is 19.9 Å². The lowest BCUT2D eigenvalue weighted by molar-refractivity contribution is -0.133. The lowest BCUT2D eigenvalue weighted by Gasteiger charge is -2.21. The number of rotatable bonds is 4. The molecule has 0 spiro atoms. The van der Waals surface area contributed by atoms with Crippen molar-refractivity contribution >= 4 is 5.91 Å². The van der Waals surface area contributed by atoms with Gasteiger partial charge in [0, 0.05) is 13.1 Å². The maximum atomic E-state index is 13.4. The van der Waals surface area contributed by atoms with Crippen molar-refractivity contribution in [3.8, 4) is 11.8 Å². The number of likely N-dealkylation sites (N-methyl/N-ethyl adjacent to an activating group) is 1. The SMILES string of the molecule is CC(C)N(C)C(=O)COc1ccc(C#N)cc1F. The van der Waals surface area contributed by atoms with Crippen molar-refractivity contribution in [3.05, 3.63) is 29.6 Å². The highest BCUT2D eigenvalue weighted by atomic mass is 19.1. The zero-order chi connectivity index (χ0) is 13.7. The first-order valence-corrected chi connectivity index (χ1v) is 5.53. The van der Waals surface area contributed by atoms with E-state index in [0.29, 0.717) is 0 Å². The van der Waals surface area contributed by atoms with Gasteiger partial charge in [0.15, 0.2) is 18.2 Å². The molecule has 0 atom stereocenters. The number of ether oxygens (including phenoxy) is 1. The number of carbonyl (C=O) groups is 1. The Kier molecular flexibility index (Phi) is 4.67. The van der Waals surface area contributed by atoms with Gasteiger partial charge in [0.1, 0.15) is 0 Å². The average Bonchev–Trinajstić information content (AvgIpc) is 2.35. The molecule has 0 unspecified atom stereocenters. The highest BCUT2D eigenvalue weighted by Crippen LogP contribution is 2.18. The molecule has 0 heterocycles. The van der Waals surface area contributed by atoms with Gasteiger partial charge in [-0.05, 0) is 32.0 Å². The maximum absolute atomic E-state index is 13.4. The van der Waals surface area contributed by atoms with Crippen LogP contribution >= 0.6 is 0 Å². The van der Waals surface area contributed by atoms with E-state index < -0.39 is 5.82 Å². The van der Waals surface area contributed by atoms with Gasteiger partial charge in [0.2, 0.25) is 0 Å². The van der Waals surface area contributed by atoms with Gasteiger partial charge in [0.25, 0.3) is 5.91 Å². The third-order valence-electron chi connectivity index (χ3n) is 2.58. The molecule has 0 N–H and O–H groups in total. The first-order valence-electron chi connectivity index (χ1n) is 5.53. The molecule has 96 valence electrons. The first-order chi connectivity index (χ1) is 8.45. The van der Waals surface area contributed by atoms with Crippen molar-refractivity contribution in [2.75, 3.05) is 13.7 Å². The van der Waals surface area contributed by atoms with E-state index in [2.05, 4.69) is 0 Å². The van der Waals surface area contributed by atoms with Crippen LogP contribution in [0.3, 0.4) is 0 Å². The van der Waals surface area contributed by atoms with Crippen LogP contribution < -0.4 is 4.74 Å². The molecule has 0 radical (unpaired) electrons. The minimum atomic E-state index is -0.644.